The van der Waals surface area contributed by atoms with Crippen LogP contribution >= 0.6 is 0 Å². The molecule has 30 heavy (non-hydrogen) atoms. The maximum absolute atomic E-state index is 12.8. The largest absolute Gasteiger partial charge is 0.497 e. The Morgan fingerprint density at radius 3 is 2.23 bits per heavy atom. The van der Waals surface area contributed by atoms with E-state index in [-0.39, 0.29) is 24.0 Å². The Morgan fingerprint density at radius 2 is 1.67 bits per heavy atom. The normalized spacial score (nSPS) is 18.2. The molecule has 0 aliphatic carbocycles. The van der Waals surface area contributed by atoms with E-state index in [4.69, 9.17) is 14.2 Å². The van der Waals surface area contributed by atoms with E-state index in [2.05, 4.69) is 13.5 Å². The first-order valence-corrected chi connectivity index (χ1v) is 10.3. The van der Waals surface area contributed by atoms with Crippen molar-refractivity contribution in [2.45, 2.75) is 38.5 Å². The van der Waals surface area contributed by atoms with Gasteiger partial charge in [-0.05, 0) is 48.7 Å². The summed E-state index contributed by atoms with van der Waals surface area (Å²) in [6.07, 6.45) is 3.06. The van der Waals surface area contributed by atoms with Crippen molar-refractivity contribution in [3.63, 3.8) is 0 Å². The van der Waals surface area contributed by atoms with E-state index in [1.54, 1.807) is 14.2 Å². The highest BCUT2D eigenvalue weighted by molar-refractivity contribution is 5.79. The minimum absolute atomic E-state index is 0.0133. The molecule has 1 aliphatic heterocycles. The summed E-state index contributed by atoms with van der Waals surface area (Å²) in [5.74, 6) is 1.96. The zero-order chi connectivity index (χ0) is 21.5. The topological polar surface area (TPSA) is 48.0 Å². The third-order valence-corrected chi connectivity index (χ3v) is 5.80. The first-order valence-electron chi connectivity index (χ1n) is 10.3. The molecule has 5 heteroatoms. The summed E-state index contributed by atoms with van der Waals surface area (Å²) in [6.45, 7) is 7.14. The standard InChI is InChI=1S/C25H31NO4/c1-5-6-24(30-17-19-7-11-22(28-3)12-8-19)21-15-25(27)26(16-21)18(2)20-9-13-23(29-4)14-10-20/h5,7-14,18,21,24H,1,6,15-17H2,2-4H3. The molecule has 0 N–H and O–H groups in total. The molecule has 0 saturated carbocycles. The van der Waals surface area contributed by atoms with E-state index in [0.717, 1.165) is 29.0 Å². The molecule has 1 saturated heterocycles. The van der Waals surface area contributed by atoms with Gasteiger partial charge in [-0.2, -0.15) is 0 Å². The number of carbonyl (C=O) groups excluding carboxylic acids is 1. The first-order chi connectivity index (χ1) is 14.5. The fourth-order valence-electron chi connectivity index (χ4n) is 3.93. The maximum atomic E-state index is 12.8. The fraction of sp³-hybridized carbons (Fsp3) is 0.400. The number of rotatable bonds is 10. The van der Waals surface area contributed by atoms with E-state index >= 15 is 0 Å². The van der Waals surface area contributed by atoms with Crippen LogP contribution in [0.2, 0.25) is 0 Å². The molecule has 1 fully saturated rings. The van der Waals surface area contributed by atoms with Crippen molar-refractivity contribution in [3.05, 3.63) is 72.3 Å². The maximum Gasteiger partial charge on any atom is 0.223 e. The van der Waals surface area contributed by atoms with Gasteiger partial charge in [0.25, 0.3) is 0 Å². The number of hydrogen-bond acceptors (Lipinski definition) is 4. The van der Waals surface area contributed by atoms with Crippen LogP contribution < -0.4 is 9.47 Å². The zero-order valence-corrected chi connectivity index (χ0v) is 18.0. The van der Waals surface area contributed by atoms with Crippen LogP contribution in [0.15, 0.2) is 61.2 Å². The Labute approximate surface area is 179 Å². The van der Waals surface area contributed by atoms with Crippen LogP contribution in [0, 0.1) is 5.92 Å². The molecule has 0 bridgehead atoms. The van der Waals surface area contributed by atoms with Crippen LogP contribution in [0.4, 0.5) is 0 Å². The molecule has 0 aromatic heterocycles. The predicted molar refractivity (Wildman–Crippen MR) is 118 cm³/mol. The van der Waals surface area contributed by atoms with Crippen molar-refractivity contribution in [2.75, 3.05) is 20.8 Å². The predicted octanol–water partition coefficient (Wildman–Crippen LogP) is 4.77. The number of carbonyl (C=O) groups is 1. The van der Waals surface area contributed by atoms with Gasteiger partial charge in [-0.15, -0.1) is 6.58 Å². The monoisotopic (exact) mass is 409 g/mol. The Bertz CT molecular complexity index is 831. The lowest BCUT2D eigenvalue weighted by Gasteiger charge is -2.27. The van der Waals surface area contributed by atoms with Gasteiger partial charge < -0.3 is 19.1 Å². The third kappa shape index (κ3) is 5.22. The quantitative estimate of drug-likeness (QED) is 0.530. The van der Waals surface area contributed by atoms with Gasteiger partial charge in [0.15, 0.2) is 0 Å². The summed E-state index contributed by atoms with van der Waals surface area (Å²) in [6, 6.07) is 15.8. The second-order valence-corrected chi connectivity index (χ2v) is 7.68. The minimum Gasteiger partial charge on any atom is -0.497 e. The molecule has 5 nitrogen and oxygen atoms in total. The number of nitrogens with zero attached hydrogens (tertiary/aromatic N) is 1. The number of methoxy groups -OCH3 is 2. The molecule has 0 spiro atoms. The van der Waals surface area contributed by atoms with Crippen molar-refractivity contribution in [1.29, 1.82) is 0 Å². The van der Waals surface area contributed by atoms with Crippen LogP contribution in [0.5, 0.6) is 11.5 Å². The molecule has 3 unspecified atom stereocenters. The molecular formula is C25H31NO4. The Morgan fingerprint density at radius 1 is 1.07 bits per heavy atom. The van der Waals surface area contributed by atoms with E-state index in [1.807, 2.05) is 59.5 Å². The van der Waals surface area contributed by atoms with Crippen LogP contribution in [-0.4, -0.2) is 37.7 Å². The third-order valence-electron chi connectivity index (χ3n) is 5.80. The van der Waals surface area contributed by atoms with Crippen LogP contribution in [0.1, 0.15) is 36.9 Å². The molecule has 1 heterocycles. The summed E-state index contributed by atoms with van der Waals surface area (Å²) in [7, 11) is 3.31. The Hall–Kier alpha value is -2.79. The average Bonchev–Trinajstić information content (AvgIpc) is 3.17. The smallest absolute Gasteiger partial charge is 0.223 e. The highest BCUT2D eigenvalue weighted by atomic mass is 16.5. The van der Waals surface area contributed by atoms with Crippen molar-refractivity contribution in [3.8, 4) is 11.5 Å². The van der Waals surface area contributed by atoms with Crippen molar-refractivity contribution in [2.24, 2.45) is 5.92 Å². The van der Waals surface area contributed by atoms with Gasteiger partial charge in [-0.25, -0.2) is 0 Å². The molecule has 2 aromatic rings. The van der Waals surface area contributed by atoms with Crippen LogP contribution in [0.3, 0.4) is 0 Å². The lowest BCUT2D eigenvalue weighted by Crippen LogP contribution is -2.31. The van der Waals surface area contributed by atoms with Crippen molar-refractivity contribution in [1.82, 2.24) is 4.90 Å². The Balaban J connectivity index is 1.63. The molecule has 0 radical (unpaired) electrons. The molecule has 160 valence electrons. The van der Waals surface area contributed by atoms with E-state index in [9.17, 15) is 4.79 Å². The van der Waals surface area contributed by atoms with Crippen LogP contribution in [0.25, 0.3) is 0 Å². The second-order valence-electron chi connectivity index (χ2n) is 7.68. The summed E-state index contributed by atoms with van der Waals surface area (Å²) < 4.78 is 16.7. The SMILES string of the molecule is C=CCC(OCc1ccc(OC)cc1)C1CC(=O)N(C(C)c2ccc(OC)cc2)C1. The van der Waals surface area contributed by atoms with E-state index in [0.29, 0.717) is 19.6 Å². The summed E-state index contributed by atoms with van der Waals surface area (Å²) in [4.78, 5) is 14.7. The fourth-order valence-corrected chi connectivity index (χ4v) is 3.93. The molecular weight excluding hydrogens is 378 g/mol. The highest BCUT2D eigenvalue weighted by Gasteiger charge is 2.37. The van der Waals surface area contributed by atoms with E-state index < -0.39 is 0 Å². The molecule has 3 rings (SSSR count). The Kier molecular flexibility index (Phi) is 7.52. The average molecular weight is 410 g/mol. The summed E-state index contributed by atoms with van der Waals surface area (Å²) in [5, 5.41) is 0. The molecule has 2 aromatic carbocycles. The molecule has 3 atom stereocenters. The van der Waals surface area contributed by atoms with Gasteiger partial charge in [-0.1, -0.05) is 30.3 Å². The van der Waals surface area contributed by atoms with Gasteiger partial charge in [0.05, 0.1) is 33.0 Å². The lowest BCUT2D eigenvalue weighted by molar-refractivity contribution is -0.129. The summed E-state index contributed by atoms with van der Waals surface area (Å²) in [5.41, 5.74) is 2.18. The summed E-state index contributed by atoms with van der Waals surface area (Å²) >= 11 is 0. The zero-order valence-electron chi connectivity index (χ0n) is 18.0. The van der Waals surface area contributed by atoms with E-state index in [1.165, 1.54) is 0 Å². The number of likely N-dealkylation sites (tertiary alicyclic amines) is 1. The van der Waals surface area contributed by atoms with Gasteiger partial charge in [0.1, 0.15) is 11.5 Å². The van der Waals surface area contributed by atoms with Crippen molar-refractivity contribution < 1.29 is 19.0 Å². The van der Waals surface area contributed by atoms with Gasteiger partial charge in [0, 0.05) is 18.9 Å². The lowest BCUT2D eigenvalue weighted by atomic mass is 9.98. The van der Waals surface area contributed by atoms with Crippen molar-refractivity contribution >= 4 is 5.91 Å². The number of benzene rings is 2. The van der Waals surface area contributed by atoms with Gasteiger partial charge in [0.2, 0.25) is 5.91 Å². The molecule has 1 amide bonds. The minimum atomic E-state index is -0.0402. The van der Waals surface area contributed by atoms with Crippen LogP contribution in [-0.2, 0) is 16.1 Å². The van der Waals surface area contributed by atoms with Gasteiger partial charge >= 0.3 is 0 Å². The molecule has 1 aliphatic rings. The number of hydrogen-bond donors (Lipinski definition) is 0. The highest BCUT2D eigenvalue weighted by Crippen LogP contribution is 2.33. The van der Waals surface area contributed by atoms with Gasteiger partial charge in [-0.3, -0.25) is 4.79 Å². The number of ether oxygens (including phenoxy) is 3. The first kappa shape index (κ1) is 21.9. The second kappa shape index (κ2) is 10.3. The number of amides is 1.